The van der Waals surface area contributed by atoms with Crippen molar-refractivity contribution < 1.29 is 4.79 Å². The number of carbonyl (C=O) groups is 1. The van der Waals surface area contributed by atoms with Crippen LogP contribution in [0, 0.1) is 20.8 Å². The topological polar surface area (TPSA) is 25.2 Å². The Labute approximate surface area is 222 Å². The van der Waals surface area contributed by atoms with Crippen molar-refractivity contribution in [1.82, 2.24) is 4.57 Å². The van der Waals surface area contributed by atoms with E-state index < -0.39 is 5.92 Å². The molecule has 2 heterocycles. The maximum Gasteiger partial charge on any atom is 0.239 e. The molecule has 1 aliphatic heterocycles. The van der Waals surface area contributed by atoms with Crippen LogP contribution in [0.25, 0.3) is 10.9 Å². The van der Waals surface area contributed by atoms with Crippen molar-refractivity contribution in [2.24, 2.45) is 0 Å². The van der Waals surface area contributed by atoms with E-state index >= 15 is 0 Å². The van der Waals surface area contributed by atoms with E-state index in [2.05, 4.69) is 79.9 Å². The van der Waals surface area contributed by atoms with Gasteiger partial charge in [-0.05, 0) is 55.2 Å². The largest absolute Gasteiger partial charge is 0.338 e. The summed E-state index contributed by atoms with van der Waals surface area (Å²) in [5.41, 5.74) is 9.87. The third-order valence-corrected chi connectivity index (χ3v) is 7.83. The monoisotopic (exact) mass is 504 g/mol. The van der Waals surface area contributed by atoms with Gasteiger partial charge in [0.1, 0.15) is 0 Å². The van der Waals surface area contributed by atoms with E-state index in [4.69, 9.17) is 11.6 Å². The van der Waals surface area contributed by atoms with Gasteiger partial charge in [0.2, 0.25) is 5.91 Å². The van der Waals surface area contributed by atoms with Crippen molar-refractivity contribution in [2.45, 2.75) is 39.8 Å². The van der Waals surface area contributed by atoms with Crippen molar-refractivity contribution in [3.8, 4) is 0 Å². The second kappa shape index (κ2) is 9.24. The van der Waals surface area contributed by atoms with E-state index in [0.717, 1.165) is 44.5 Å². The van der Waals surface area contributed by atoms with Gasteiger partial charge in [-0.3, -0.25) is 4.79 Å². The summed E-state index contributed by atoms with van der Waals surface area (Å²) in [6, 6.07) is 31.0. The molecule has 1 atom stereocenters. The molecule has 3 nitrogen and oxygen atoms in total. The molecule has 5 aromatic rings. The standard InChI is InChI=1S/C33H29ClN2O/c1-21-17-22(2)32(23(3)18-21)36-20-28-31(29(33(36)37)25-13-8-5-9-14-25)30-26(34)15-10-16-27(30)35(28)19-24-11-6-4-7-12-24/h4-18,29H,19-20H2,1-3H3. The van der Waals surface area contributed by atoms with Gasteiger partial charge in [-0.15, -0.1) is 0 Å². The van der Waals surface area contributed by atoms with Crippen LogP contribution in [-0.4, -0.2) is 10.5 Å². The highest BCUT2D eigenvalue weighted by Gasteiger charge is 2.40. The first-order valence-corrected chi connectivity index (χ1v) is 13.1. The number of fused-ring (bicyclic) bond motifs is 3. The minimum Gasteiger partial charge on any atom is -0.338 e. The number of aryl methyl sites for hydroxylation is 3. The van der Waals surface area contributed by atoms with Crippen LogP contribution in [0.15, 0.2) is 91.0 Å². The van der Waals surface area contributed by atoms with Crippen molar-refractivity contribution in [3.63, 3.8) is 0 Å². The predicted molar refractivity (Wildman–Crippen MR) is 153 cm³/mol. The van der Waals surface area contributed by atoms with E-state index in [0.29, 0.717) is 18.1 Å². The van der Waals surface area contributed by atoms with Crippen LogP contribution in [0.3, 0.4) is 0 Å². The Morgan fingerprint density at radius 1 is 0.838 bits per heavy atom. The number of hydrogen-bond acceptors (Lipinski definition) is 1. The van der Waals surface area contributed by atoms with Crippen molar-refractivity contribution >= 4 is 34.1 Å². The molecule has 4 aromatic carbocycles. The second-order valence-corrected chi connectivity index (χ2v) is 10.5. The van der Waals surface area contributed by atoms with Crippen LogP contribution in [-0.2, 0) is 17.9 Å². The minimum absolute atomic E-state index is 0.0902. The Morgan fingerprint density at radius 3 is 2.16 bits per heavy atom. The zero-order valence-corrected chi connectivity index (χ0v) is 22.1. The summed E-state index contributed by atoms with van der Waals surface area (Å²) in [7, 11) is 0. The van der Waals surface area contributed by atoms with Gasteiger partial charge in [0.25, 0.3) is 0 Å². The third-order valence-electron chi connectivity index (χ3n) is 7.52. The lowest BCUT2D eigenvalue weighted by molar-refractivity contribution is -0.119. The summed E-state index contributed by atoms with van der Waals surface area (Å²) in [4.78, 5) is 16.5. The fourth-order valence-electron chi connectivity index (χ4n) is 6.12. The lowest BCUT2D eigenvalue weighted by Crippen LogP contribution is -2.41. The maximum atomic E-state index is 14.5. The number of carbonyl (C=O) groups excluding carboxylic acids is 1. The molecule has 184 valence electrons. The molecule has 0 spiro atoms. The summed E-state index contributed by atoms with van der Waals surface area (Å²) in [5, 5.41) is 1.67. The molecule has 37 heavy (non-hydrogen) atoms. The summed E-state index contributed by atoms with van der Waals surface area (Å²) in [5.74, 6) is -0.350. The smallest absolute Gasteiger partial charge is 0.239 e. The molecule has 1 amide bonds. The van der Waals surface area contributed by atoms with Gasteiger partial charge >= 0.3 is 0 Å². The van der Waals surface area contributed by atoms with Crippen LogP contribution < -0.4 is 4.90 Å². The highest BCUT2D eigenvalue weighted by atomic mass is 35.5. The van der Waals surface area contributed by atoms with Gasteiger partial charge in [-0.1, -0.05) is 96.0 Å². The molecule has 0 bridgehead atoms. The van der Waals surface area contributed by atoms with Crippen LogP contribution in [0.2, 0.25) is 5.02 Å². The van der Waals surface area contributed by atoms with E-state index in [1.165, 1.54) is 11.1 Å². The molecule has 0 saturated heterocycles. The first-order valence-electron chi connectivity index (χ1n) is 12.7. The van der Waals surface area contributed by atoms with Gasteiger partial charge < -0.3 is 9.47 Å². The molecule has 1 aliphatic rings. The Bertz CT molecular complexity index is 1610. The summed E-state index contributed by atoms with van der Waals surface area (Å²) in [6.45, 7) is 7.52. The molecule has 0 fully saturated rings. The van der Waals surface area contributed by atoms with E-state index in [9.17, 15) is 4.79 Å². The fraction of sp³-hybridized carbons (Fsp3) is 0.182. The number of rotatable bonds is 4. The molecule has 0 aliphatic carbocycles. The molecule has 6 rings (SSSR count). The number of aromatic nitrogens is 1. The number of halogens is 1. The van der Waals surface area contributed by atoms with Crippen molar-refractivity contribution in [1.29, 1.82) is 0 Å². The minimum atomic E-state index is -0.440. The highest BCUT2D eigenvalue weighted by molar-refractivity contribution is 6.36. The lowest BCUT2D eigenvalue weighted by Gasteiger charge is -2.36. The normalized spacial score (nSPS) is 15.3. The van der Waals surface area contributed by atoms with Crippen LogP contribution in [0.1, 0.15) is 45.0 Å². The van der Waals surface area contributed by atoms with Gasteiger partial charge in [0.05, 0.1) is 23.0 Å². The first kappa shape index (κ1) is 23.6. The molecule has 1 unspecified atom stereocenters. The number of anilines is 1. The lowest BCUT2D eigenvalue weighted by atomic mass is 9.84. The fourth-order valence-corrected chi connectivity index (χ4v) is 6.39. The van der Waals surface area contributed by atoms with Gasteiger partial charge in [-0.2, -0.15) is 0 Å². The summed E-state index contributed by atoms with van der Waals surface area (Å²) in [6.07, 6.45) is 0. The Hall–Kier alpha value is -3.82. The molecule has 1 aromatic heterocycles. The second-order valence-electron chi connectivity index (χ2n) is 10.1. The number of amides is 1. The van der Waals surface area contributed by atoms with Crippen molar-refractivity contribution in [2.75, 3.05) is 4.90 Å². The van der Waals surface area contributed by atoms with Gasteiger partial charge in [0, 0.05) is 28.9 Å². The maximum absolute atomic E-state index is 14.5. The number of hydrogen-bond donors (Lipinski definition) is 0. The van der Waals surface area contributed by atoms with Crippen molar-refractivity contribution in [3.05, 3.63) is 135 Å². The quantitative estimate of drug-likeness (QED) is 0.244. The number of benzene rings is 4. The van der Waals surface area contributed by atoms with E-state index in [-0.39, 0.29) is 5.91 Å². The molecule has 0 saturated carbocycles. The SMILES string of the molecule is Cc1cc(C)c(N2Cc3c(c4c(Cl)cccc4n3Cc3ccccc3)C(c3ccccc3)C2=O)c(C)c1. The highest BCUT2D eigenvalue weighted by Crippen LogP contribution is 2.45. The van der Waals surface area contributed by atoms with Gasteiger partial charge in [-0.25, -0.2) is 0 Å². The Kier molecular flexibility index (Phi) is 5.89. The third kappa shape index (κ3) is 3.95. The van der Waals surface area contributed by atoms with E-state index in [1.807, 2.05) is 41.3 Å². The average Bonchev–Trinajstić information content (AvgIpc) is 3.19. The molecular formula is C33H29ClN2O. The van der Waals surface area contributed by atoms with Crippen LogP contribution in [0.5, 0.6) is 0 Å². The van der Waals surface area contributed by atoms with E-state index in [1.54, 1.807) is 0 Å². The first-order chi connectivity index (χ1) is 17.9. The molecule has 0 N–H and O–H groups in total. The molecule has 4 heteroatoms. The molecular weight excluding hydrogens is 476 g/mol. The van der Waals surface area contributed by atoms with Crippen LogP contribution >= 0.6 is 11.6 Å². The number of nitrogens with zero attached hydrogens (tertiary/aromatic N) is 2. The zero-order chi connectivity index (χ0) is 25.7. The molecule has 0 radical (unpaired) electrons. The van der Waals surface area contributed by atoms with Crippen LogP contribution in [0.4, 0.5) is 5.69 Å². The Balaban J connectivity index is 1.65. The summed E-state index contributed by atoms with van der Waals surface area (Å²) < 4.78 is 2.36. The Morgan fingerprint density at radius 2 is 1.49 bits per heavy atom. The average molecular weight is 505 g/mol. The zero-order valence-electron chi connectivity index (χ0n) is 21.3. The predicted octanol–water partition coefficient (Wildman–Crippen LogP) is 7.95. The summed E-state index contributed by atoms with van der Waals surface area (Å²) >= 11 is 6.89. The van der Waals surface area contributed by atoms with Gasteiger partial charge in [0.15, 0.2) is 0 Å².